The molecule has 1 aliphatic carbocycles. The van der Waals surface area contributed by atoms with E-state index in [-0.39, 0.29) is 5.79 Å². The maximum atomic E-state index is 6.19. The van der Waals surface area contributed by atoms with Crippen molar-refractivity contribution in [1.29, 1.82) is 0 Å². The van der Waals surface area contributed by atoms with Crippen molar-refractivity contribution in [2.75, 3.05) is 19.0 Å². The van der Waals surface area contributed by atoms with Gasteiger partial charge in [0.1, 0.15) is 0 Å². The molecule has 22 heavy (non-hydrogen) atoms. The Hall–Kier alpha value is -0.510. The van der Waals surface area contributed by atoms with Crippen molar-refractivity contribution in [2.24, 2.45) is 5.41 Å². The van der Waals surface area contributed by atoms with Crippen LogP contribution in [0.15, 0.2) is 35.2 Å². The first-order chi connectivity index (χ1) is 10.8. The van der Waals surface area contributed by atoms with E-state index in [9.17, 15) is 0 Å². The van der Waals surface area contributed by atoms with Crippen LogP contribution in [-0.4, -0.2) is 24.8 Å². The highest BCUT2D eigenvalue weighted by atomic mass is 32.2. The summed E-state index contributed by atoms with van der Waals surface area (Å²) in [5, 5.41) is 0. The van der Waals surface area contributed by atoms with Crippen LogP contribution >= 0.6 is 11.8 Å². The van der Waals surface area contributed by atoms with Crippen LogP contribution < -0.4 is 0 Å². The molecule has 1 aromatic carbocycles. The third kappa shape index (κ3) is 3.52. The Kier molecular flexibility index (Phi) is 5.48. The molecule has 0 spiro atoms. The van der Waals surface area contributed by atoms with Gasteiger partial charge >= 0.3 is 0 Å². The Bertz CT molecular complexity index is 450. The van der Waals surface area contributed by atoms with E-state index in [0.717, 1.165) is 25.4 Å². The second-order valence-electron chi connectivity index (χ2n) is 6.60. The molecule has 1 aromatic rings. The molecule has 0 unspecified atom stereocenters. The Morgan fingerprint density at radius 2 is 1.73 bits per heavy atom. The summed E-state index contributed by atoms with van der Waals surface area (Å²) in [7, 11) is 0. The molecule has 0 N–H and O–H groups in total. The van der Waals surface area contributed by atoms with E-state index < -0.39 is 0 Å². The quantitative estimate of drug-likeness (QED) is 0.456. The predicted octanol–water partition coefficient (Wildman–Crippen LogP) is 5.27. The minimum atomic E-state index is -0.264. The minimum Gasteiger partial charge on any atom is -0.347 e. The molecule has 2 nitrogen and oxygen atoms in total. The molecule has 1 aliphatic heterocycles. The van der Waals surface area contributed by atoms with Crippen molar-refractivity contribution in [3.8, 4) is 0 Å². The van der Waals surface area contributed by atoms with Crippen molar-refractivity contribution in [2.45, 2.75) is 62.6 Å². The number of unbranched alkanes of at least 4 members (excludes halogenated alkanes) is 2. The van der Waals surface area contributed by atoms with Crippen molar-refractivity contribution in [1.82, 2.24) is 0 Å². The molecule has 3 rings (SSSR count). The summed E-state index contributed by atoms with van der Waals surface area (Å²) in [5.74, 6) is 0.895. The van der Waals surface area contributed by atoms with Gasteiger partial charge in [0, 0.05) is 16.7 Å². The van der Waals surface area contributed by atoms with Gasteiger partial charge in [-0.25, -0.2) is 0 Å². The van der Waals surface area contributed by atoms with Crippen LogP contribution in [0.1, 0.15) is 51.9 Å². The molecule has 0 radical (unpaired) electrons. The highest BCUT2D eigenvalue weighted by molar-refractivity contribution is 7.99. The molecule has 3 heteroatoms. The van der Waals surface area contributed by atoms with E-state index in [1.807, 2.05) is 11.8 Å². The molecule has 1 saturated heterocycles. The molecule has 122 valence electrons. The molecule has 1 heterocycles. The van der Waals surface area contributed by atoms with Crippen LogP contribution in [0, 0.1) is 5.41 Å². The second kappa shape index (κ2) is 7.37. The number of benzene rings is 1. The van der Waals surface area contributed by atoms with Gasteiger partial charge in [-0.05, 0) is 43.6 Å². The molecule has 2 fully saturated rings. The lowest BCUT2D eigenvalue weighted by molar-refractivity contribution is -0.212. The SMILES string of the molecule is CCCCCC1(C2(CCSc3ccccc3)CC2)OCCO1. The van der Waals surface area contributed by atoms with E-state index >= 15 is 0 Å². The lowest BCUT2D eigenvalue weighted by Crippen LogP contribution is -2.41. The molecular weight excluding hydrogens is 292 g/mol. The summed E-state index contributed by atoms with van der Waals surface area (Å²) >= 11 is 1.96. The highest BCUT2D eigenvalue weighted by Gasteiger charge is 2.61. The van der Waals surface area contributed by atoms with Crippen LogP contribution in [0.2, 0.25) is 0 Å². The number of hydrogen-bond donors (Lipinski definition) is 0. The van der Waals surface area contributed by atoms with Gasteiger partial charge in [-0.3, -0.25) is 0 Å². The second-order valence-corrected chi connectivity index (χ2v) is 7.77. The summed E-state index contributed by atoms with van der Waals surface area (Å²) in [5.41, 5.74) is 0.291. The first-order valence-corrected chi connectivity index (χ1v) is 9.75. The number of thioether (sulfide) groups is 1. The summed E-state index contributed by atoms with van der Waals surface area (Å²) in [6, 6.07) is 10.7. The zero-order valence-corrected chi connectivity index (χ0v) is 14.5. The standard InChI is InChI=1S/C19H28O2S/c1-2-3-7-10-19(20-14-15-21-19)18(11-12-18)13-16-22-17-8-5-4-6-9-17/h4-6,8-9H,2-3,7,10-16H2,1H3. The van der Waals surface area contributed by atoms with Gasteiger partial charge < -0.3 is 9.47 Å². The maximum Gasteiger partial charge on any atom is 0.174 e. The molecule has 0 bridgehead atoms. The molecular formula is C19H28O2S. The first-order valence-electron chi connectivity index (χ1n) is 8.76. The van der Waals surface area contributed by atoms with Crippen LogP contribution in [0.5, 0.6) is 0 Å². The number of ether oxygens (including phenoxy) is 2. The zero-order chi connectivity index (χ0) is 15.3. The Balaban J connectivity index is 1.56. The Morgan fingerprint density at radius 3 is 2.36 bits per heavy atom. The molecule has 1 saturated carbocycles. The lowest BCUT2D eigenvalue weighted by atomic mass is 9.87. The lowest BCUT2D eigenvalue weighted by Gasteiger charge is -2.36. The normalized spacial score (nSPS) is 21.9. The Labute approximate surface area is 139 Å². The van der Waals surface area contributed by atoms with Gasteiger partial charge in [-0.2, -0.15) is 0 Å². The molecule has 0 aromatic heterocycles. The van der Waals surface area contributed by atoms with Gasteiger partial charge in [-0.1, -0.05) is 38.0 Å². The topological polar surface area (TPSA) is 18.5 Å². The van der Waals surface area contributed by atoms with Crippen LogP contribution in [0.4, 0.5) is 0 Å². The van der Waals surface area contributed by atoms with Crippen LogP contribution in [0.3, 0.4) is 0 Å². The fourth-order valence-corrected chi connectivity index (χ4v) is 4.71. The largest absolute Gasteiger partial charge is 0.347 e. The van der Waals surface area contributed by atoms with Gasteiger partial charge in [0.15, 0.2) is 5.79 Å². The van der Waals surface area contributed by atoms with E-state index in [4.69, 9.17) is 9.47 Å². The Morgan fingerprint density at radius 1 is 1.00 bits per heavy atom. The van der Waals surface area contributed by atoms with Gasteiger partial charge in [0.2, 0.25) is 0 Å². The van der Waals surface area contributed by atoms with Crippen molar-refractivity contribution >= 4 is 11.8 Å². The number of rotatable bonds is 9. The number of hydrogen-bond acceptors (Lipinski definition) is 3. The van der Waals surface area contributed by atoms with Crippen molar-refractivity contribution < 1.29 is 9.47 Å². The smallest absolute Gasteiger partial charge is 0.174 e. The molecule has 0 atom stereocenters. The van der Waals surface area contributed by atoms with Gasteiger partial charge in [0.05, 0.1) is 13.2 Å². The van der Waals surface area contributed by atoms with Crippen LogP contribution in [0.25, 0.3) is 0 Å². The average molecular weight is 320 g/mol. The predicted molar refractivity (Wildman–Crippen MR) is 92.2 cm³/mol. The third-order valence-corrected chi connectivity index (χ3v) is 6.13. The summed E-state index contributed by atoms with van der Waals surface area (Å²) in [6.45, 7) is 3.81. The monoisotopic (exact) mass is 320 g/mol. The highest BCUT2D eigenvalue weighted by Crippen LogP contribution is 2.61. The van der Waals surface area contributed by atoms with Crippen molar-refractivity contribution in [3.05, 3.63) is 30.3 Å². The van der Waals surface area contributed by atoms with Gasteiger partial charge in [0.25, 0.3) is 0 Å². The first kappa shape index (κ1) is 16.4. The zero-order valence-electron chi connectivity index (χ0n) is 13.7. The average Bonchev–Trinajstić information content (AvgIpc) is 3.19. The molecule has 0 amide bonds. The summed E-state index contributed by atoms with van der Waals surface area (Å²) < 4.78 is 12.4. The minimum absolute atomic E-state index is 0.264. The fourth-order valence-electron chi connectivity index (χ4n) is 3.63. The van der Waals surface area contributed by atoms with E-state index in [0.29, 0.717) is 5.41 Å². The summed E-state index contributed by atoms with van der Waals surface area (Å²) in [4.78, 5) is 1.37. The van der Waals surface area contributed by atoms with Crippen LogP contribution in [-0.2, 0) is 9.47 Å². The summed E-state index contributed by atoms with van der Waals surface area (Å²) in [6.07, 6.45) is 8.60. The van der Waals surface area contributed by atoms with E-state index in [2.05, 4.69) is 37.3 Å². The van der Waals surface area contributed by atoms with E-state index in [1.165, 1.54) is 43.4 Å². The van der Waals surface area contributed by atoms with Crippen molar-refractivity contribution in [3.63, 3.8) is 0 Å². The maximum absolute atomic E-state index is 6.19. The fraction of sp³-hybridized carbons (Fsp3) is 0.684. The van der Waals surface area contributed by atoms with Gasteiger partial charge in [-0.15, -0.1) is 11.8 Å². The molecule has 2 aliphatic rings. The van der Waals surface area contributed by atoms with E-state index in [1.54, 1.807) is 0 Å². The third-order valence-electron chi connectivity index (χ3n) is 5.12.